The number of morpholine rings is 1. The summed E-state index contributed by atoms with van der Waals surface area (Å²) in [5, 5.41) is 2.83. The van der Waals surface area contributed by atoms with E-state index >= 15 is 0 Å². The molecule has 2 heterocycles. The van der Waals surface area contributed by atoms with Gasteiger partial charge in [-0.25, -0.2) is 8.42 Å². The molecule has 9 heteroatoms. The molecule has 8 nitrogen and oxygen atoms in total. The van der Waals surface area contributed by atoms with E-state index in [2.05, 4.69) is 5.32 Å². The molecule has 30 heavy (non-hydrogen) atoms. The molecule has 1 N–H and O–H groups in total. The number of amides is 1. The third-order valence-electron chi connectivity index (χ3n) is 4.99. The van der Waals surface area contributed by atoms with Crippen molar-refractivity contribution < 1.29 is 27.4 Å². The number of nitrogens with zero attached hydrogens (tertiary/aromatic N) is 1. The fourth-order valence-corrected chi connectivity index (χ4v) is 4.85. The molecule has 0 unspecified atom stereocenters. The highest BCUT2D eigenvalue weighted by molar-refractivity contribution is 7.88. The zero-order valence-electron chi connectivity index (χ0n) is 16.5. The number of rotatable bonds is 6. The number of hydrogen-bond acceptors (Lipinski definition) is 6. The molecular weight excluding hydrogens is 408 g/mol. The Kier molecular flexibility index (Phi) is 6.21. The number of nitrogens with one attached hydrogen (secondary N) is 1. The van der Waals surface area contributed by atoms with Gasteiger partial charge in [0.2, 0.25) is 10.0 Å². The van der Waals surface area contributed by atoms with Crippen LogP contribution < -0.4 is 14.8 Å². The van der Waals surface area contributed by atoms with Crippen LogP contribution in [0.25, 0.3) is 0 Å². The van der Waals surface area contributed by atoms with Crippen molar-refractivity contribution in [3.05, 3.63) is 59.7 Å². The molecule has 2 aromatic carbocycles. The first-order valence-electron chi connectivity index (χ1n) is 9.82. The normalized spacial score (nSPS) is 19.3. The summed E-state index contributed by atoms with van der Waals surface area (Å²) < 4.78 is 43.1. The molecule has 0 saturated carbocycles. The predicted octanol–water partition coefficient (Wildman–Crippen LogP) is 1.42. The van der Waals surface area contributed by atoms with Gasteiger partial charge in [-0.15, -0.1) is 0 Å². The Morgan fingerprint density at radius 3 is 2.47 bits per heavy atom. The van der Waals surface area contributed by atoms with Crippen LogP contribution >= 0.6 is 0 Å². The second-order valence-corrected chi connectivity index (χ2v) is 9.14. The zero-order valence-corrected chi connectivity index (χ0v) is 17.3. The van der Waals surface area contributed by atoms with Gasteiger partial charge in [-0.3, -0.25) is 4.79 Å². The number of ether oxygens (including phenoxy) is 3. The predicted molar refractivity (Wildman–Crippen MR) is 110 cm³/mol. The molecule has 2 aliphatic rings. The lowest BCUT2D eigenvalue weighted by Gasteiger charge is -2.26. The number of carbonyl (C=O) groups excluding carboxylic acids is 1. The van der Waals surface area contributed by atoms with Gasteiger partial charge in [0.15, 0.2) is 11.5 Å². The maximum absolute atomic E-state index is 12.5. The minimum absolute atomic E-state index is 0.0957. The van der Waals surface area contributed by atoms with E-state index < -0.39 is 10.0 Å². The van der Waals surface area contributed by atoms with Gasteiger partial charge in [0, 0.05) is 18.7 Å². The van der Waals surface area contributed by atoms with Crippen molar-refractivity contribution in [2.75, 3.05) is 39.5 Å². The molecule has 0 radical (unpaired) electrons. The van der Waals surface area contributed by atoms with Crippen LogP contribution in [0.3, 0.4) is 0 Å². The number of sulfonamides is 1. The summed E-state index contributed by atoms with van der Waals surface area (Å²) in [6.07, 6.45) is -0.276. The monoisotopic (exact) mass is 432 g/mol. The molecule has 0 spiro atoms. The summed E-state index contributed by atoms with van der Waals surface area (Å²) >= 11 is 0. The molecule has 0 aliphatic carbocycles. The molecular formula is C21H24N2O6S. The molecule has 4 rings (SSSR count). The molecule has 160 valence electrons. The first kappa shape index (κ1) is 20.6. The Morgan fingerprint density at radius 1 is 1.03 bits per heavy atom. The number of fused-ring (bicyclic) bond motifs is 1. The fraction of sp³-hybridized carbons (Fsp3) is 0.381. The maximum Gasteiger partial charge on any atom is 0.251 e. The Morgan fingerprint density at radius 2 is 1.73 bits per heavy atom. The Hall–Kier alpha value is -2.62. The Labute approximate surface area is 175 Å². The third-order valence-corrected chi connectivity index (χ3v) is 6.84. The highest BCUT2D eigenvalue weighted by Crippen LogP contribution is 2.30. The van der Waals surface area contributed by atoms with Crippen LogP contribution in [0.4, 0.5) is 0 Å². The highest BCUT2D eigenvalue weighted by atomic mass is 32.2. The first-order valence-corrected chi connectivity index (χ1v) is 11.4. The average Bonchev–Trinajstić information content (AvgIpc) is 2.78. The Bertz CT molecular complexity index is 987. The summed E-state index contributed by atoms with van der Waals surface area (Å²) in [4.78, 5) is 12.4. The standard InChI is InChI=1S/C21H24N2O6S/c24-21(22-13-18-14-28-19-3-1-2-4-20(19)29-18)17-7-5-16(6-8-17)15-30(25,26)23-9-11-27-12-10-23/h1-8,18H,9-15H2,(H,22,24)/t18-/m0/s1. The van der Waals surface area contributed by atoms with Crippen molar-refractivity contribution in [2.24, 2.45) is 0 Å². The van der Waals surface area contributed by atoms with Gasteiger partial charge >= 0.3 is 0 Å². The second-order valence-electron chi connectivity index (χ2n) is 7.17. The summed E-state index contributed by atoms with van der Waals surface area (Å²) in [5.74, 6) is 1.01. The van der Waals surface area contributed by atoms with Gasteiger partial charge in [-0.2, -0.15) is 4.31 Å². The molecule has 1 fully saturated rings. The number of para-hydroxylation sites is 2. The molecule has 0 bridgehead atoms. The molecule has 1 amide bonds. The topological polar surface area (TPSA) is 94.2 Å². The van der Waals surface area contributed by atoms with E-state index in [-0.39, 0.29) is 17.8 Å². The number of benzene rings is 2. The van der Waals surface area contributed by atoms with E-state index in [1.54, 1.807) is 24.3 Å². The lowest BCUT2D eigenvalue weighted by atomic mass is 10.1. The van der Waals surface area contributed by atoms with Crippen molar-refractivity contribution in [3.63, 3.8) is 0 Å². The van der Waals surface area contributed by atoms with Gasteiger partial charge < -0.3 is 19.5 Å². The SMILES string of the molecule is O=C(NC[C@H]1COc2ccccc2O1)c1ccc(CS(=O)(=O)N2CCOCC2)cc1. The second kappa shape index (κ2) is 9.03. The molecule has 2 aromatic rings. The van der Waals surface area contributed by atoms with Gasteiger partial charge in [-0.1, -0.05) is 24.3 Å². The number of carbonyl (C=O) groups is 1. The van der Waals surface area contributed by atoms with Gasteiger partial charge in [0.1, 0.15) is 12.7 Å². The van der Waals surface area contributed by atoms with E-state index in [9.17, 15) is 13.2 Å². The van der Waals surface area contributed by atoms with E-state index in [0.717, 1.165) is 0 Å². The van der Waals surface area contributed by atoms with E-state index in [0.29, 0.717) is 62.1 Å². The maximum atomic E-state index is 12.5. The van der Waals surface area contributed by atoms with Crippen LogP contribution in [-0.4, -0.2) is 64.2 Å². The Balaban J connectivity index is 1.30. The molecule has 0 aromatic heterocycles. The lowest BCUT2D eigenvalue weighted by Crippen LogP contribution is -2.41. The summed E-state index contributed by atoms with van der Waals surface area (Å²) in [6.45, 7) is 2.25. The minimum Gasteiger partial charge on any atom is -0.486 e. The molecule has 1 saturated heterocycles. The van der Waals surface area contributed by atoms with E-state index in [4.69, 9.17) is 14.2 Å². The largest absolute Gasteiger partial charge is 0.486 e. The van der Waals surface area contributed by atoms with Gasteiger partial charge in [0.05, 0.1) is 25.5 Å². The zero-order chi connectivity index (χ0) is 21.0. The lowest BCUT2D eigenvalue weighted by molar-refractivity contribution is 0.0729. The van der Waals surface area contributed by atoms with E-state index in [1.165, 1.54) is 4.31 Å². The van der Waals surface area contributed by atoms with Crippen molar-refractivity contribution in [1.82, 2.24) is 9.62 Å². The first-order chi connectivity index (χ1) is 14.5. The van der Waals surface area contributed by atoms with Crippen molar-refractivity contribution in [1.29, 1.82) is 0 Å². The third kappa shape index (κ3) is 4.92. The van der Waals surface area contributed by atoms with Crippen molar-refractivity contribution >= 4 is 15.9 Å². The summed E-state index contributed by atoms with van der Waals surface area (Å²) in [6, 6.07) is 14.0. The van der Waals surface area contributed by atoms with Crippen LogP contribution in [0.5, 0.6) is 11.5 Å². The average molecular weight is 432 g/mol. The van der Waals surface area contributed by atoms with Gasteiger partial charge in [0.25, 0.3) is 5.91 Å². The minimum atomic E-state index is -3.40. The van der Waals surface area contributed by atoms with Gasteiger partial charge in [-0.05, 0) is 29.8 Å². The van der Waals surface area contributed by atoms with Crippen molar-refractivity contribution in [2.45, 2.75) is 11.9 Å². The summed E-state index contributed by atoms with van der Waals surface area (Å²) in [7, 11) is -3.40. The summed E-state index contributed by atoms with van der Waals surface area (Å²) in [5.41, 5.74) is 1.10. The number of hydrogen-bond donors (Lipinski definition) is 1. The highest BCUT2D eigenvalue weighted by Gasteiger charge is 2.25. The quantitative estimate of drug-likeness (QED) is 0.742. The fourth-order valence-electron chi connectivity index (χ4n) is 3.35. The van der Waals surface area contributed by atoms with Crippen molar-refractivity contribution in [3.8, 4) is 11.5 Å². The van der Waals surface area contributed by atoms with Crippen LogP contribution in [-0.2, 0) is 20.5 Å². The molecule has 2 aliphatic heterocycles. The van der Waals surface area contributed by atoms with Crippen LogP contribution in [0.2, 0.25) is 0 Å². The molecule has 1 atom stereocenters. The smallest absolute Gasteiger partial charge is 0.251 e. The van der Waals surface area contributed by atoms with Crippen LogP contribution in [0.15, 0.2) is 48.5 Å². The van der Waals surface area contributed by atoms with E-state index in [1.807, 2.05) is 24.3 Å². The van der Waals surface area contributed by atoms with Crippen LogP contribution in [0.1, 0.15) is 15.9 Å². The van der Waals surface area contributed by atoms with Crippen LogP contribution in [0, 0.1) is 0 Å².